The van der Waals surface area contributed by atoms with Gasteiger partial charge in [-0.25, -0.2) is 8.42 Å². The van der Waals surface area contributed by atoms with Crippen LogP contribution in [0.2, 0.25) is 0 Å². The second kappa shape index (κ2) is 8.57. The molecule has 27 heavy (non-hydrogen) atoms. The zero-order chi connectivity index (χ0) is 18.7. The Kier molecular flexibility index (Phi) is 6.14. The Hall–Kier alpha value is -0.990. The van der Waals surface area contributed by atoms with Gasteiger partial charge in [0.15, 0.2) is 0 Å². The highest BCUT2D eigenvalue weighted by Crippen LogP contribution is 2.31. The van der Waals surface area contributed by atoms with Crippen LogP contribution in [0.5, 0.6) is 0 Å². The van der Waals surface area contributed by atoms with Gasteiger partial charge in [-0.15, -0.1) is 0 Å². The van der Waals surface area contributed by atoms with Crippen molar-refractivity contribution in [1.82, 2.24) is 0 Å². The summed E-state index contributed by atoms with van der Waals surface area (Å²) in [6, 6.07) is 13.9. The molecule has 2 aliphatic heterocycles. The first kappa shape index (κ1) is 19.3. The van der Waals surface area contributed by atoms with Crippen LogP contribution in [0, 0.1) is 0 Å². The molecule has 2 aromatic rings. The summed E-state index contributed by atoms with van der Waals surface area (Å²) in [7, 11) is -3.51. The molecule has 0 aromatic heterocycles. The average Bonchev–Trinajstić information content (AvgIpc) is 3.58. The first-order valence-electron chi connectivity index (χ1n) is 8.93. The van der Waals surface area contributed by atoms with Crippen molar-refractivity contribution < 1.29 is 17.9 Å². The summed E-state index contributed by atoms with van der Waals surface area (Å²) in [6.45, 7) is 2.57. The van der Waals surface area contributed by atoms with Gasteiger partial charge < -0.3 is 9.47 Å². The molecular weight excluding hydrogens is 400 g/mol. The first-order valence-corrected chi connectivity index (χ1v) is 12.5. The lowest BCUT2D eigenvalue weighted by molar-refractivity contribution is 0.128. The molecule has 0 amide bonds. The van der Waals surface area contributed by atoms with Crippen molar-refractivity contribution in [3.63, 3.8) is 0 Å². The van der Waals surface area contributed by atoms with Crippen LogP contribution in [-0.2, 0) is 32.5 Å². The number of rotatable bonds is 10. The molecule has 0 N–H and O–H groups in total. The summed E-state index contributed by atoms with van der Waals surface area (Å²) in [6.07, 6.45) is 0. The van der Waals surface area contributed by atoms with Crippen LogP contribution in [0.4, 0.5) is 0 Å². The zero-order valence-electron chi connectivity index (χ0n) is 14.9. The molecule has 4 rings (SSSR count). The van der Waals surface area contributed by atoms with E-state index in [0.29, 0.717) is 33.5 Å². The summed E-state index contributed by atoms with van der Waals surface area (Å²) in [5, 5.41) is 1.29. The molecule has 7 heteroatoms. The second-order valence-corrected chi connectivity index (χ2v) is 11.3. The van der Waals surface area contributed by atoms with Crippen molar-refractivity contribution in [1.29, 1.82) is 0 Å². The standard InChI is InChI=1S/C20H22O4S3/c21-27(22,19-5-1-15(2-6-19)9-23-11-17-13-25-17)20-7-3-16(4-8-20)10-24-12-18-14-26-18/h1-8,17-18H,9-14H2. The smallest absolute Gasteiger partial charge is 0.206 e. The highest BCUT2D eigenvalue weighted by atomic mass is 32.2. The van der Waals surface area contributed by atoms with Gasteiger partial charge >= 0.3 is 0 Å². The molecule has 2 heterocycles. The van der Waals surface area contributed by atoms with E-state index in [1.807, 2.05) is 47.8 Å². The quantitative estimate of drug-likeness (QED) is 0.543. The van der Waals surface area contributed by atoms with E-state index >= 15 is 0 Å². The molecule has 2 aromatic carbocycles. The molecule has 2 unspecified atom stereocenters. The van der Waals surface area contributed by atoms with Crippen LogP contribution in [0.1, 0.15) is 11.1 Å². The van der Waals surface area contributed by atoms with Crippen molar-refractivity contribution in [2.45, 2.75) is 33.5 Å². The van der Waals surface area contributed by atoms with Gasteiger partial charge in [0.2, 0.25) is 9.84 Å². The van der Waals surface area contributed by atoms with Crippen LogP contribution in [0.3, 0.4) is 0 Å². The molecule has 4 nitrogen and oxygen atoms in total. The van der Waals surface area contributed by atoms with Crippen LogP contribution in [0.15, 0.2) is 58.3 Å². The summed E-state index contributed by atoms with van der Waals surface area (Å²) in [5.41, 5.74) is 1.97. The molecule has 2 fully saturated rings. The lowest BCUT2D eigenvalue weighted by Crippen LogP contribution is -2.04. The predicted octanol–water partition coefficient (Wildman–Crippen LogP) is 3.78. The summed E-state index contributed by atoms with van der Waals surface area (Å²) >= 11 is 3.81. The van der Waals surface area contributed by atoms with Crippen molar-refractivity contribution in [3.8, 4) is 0 Å². The Labute approximate surface area is 168 Å². The fourth-order valence-corrected chi connectivity index (χ4v) is 4.72. The van der Waals surface area contributed by atoms with Gasteiger partial charge in [0, 0.05) is 22.0 Å². The van der Waals surface area contributed by atoms with E-state index in [0.717, 1.165) is 24.3 Å². The van der Waals surface area contributed by atoms with E-state index in [1.54, 1.807) is 24.3 Å². The van der Waals surface area contributed by atoms with E-state index in [2.05, 4.69) is 0 Å². The largest absolute Gasteiger partial charge is 0.376 e. The molecule has 0 saturated carbocycles. The van der Waals surface area contributed by atoms with E-state index in [4.69, 9.17) is 9.47 Å². The highest BCUT2D eigenvalue weighted by molar-refractivity contribution is 8.07. The summed E-state index contributed by atoms with van der Waals surface area (Å²) in [5.74, 6) is 2.36. The van der Waals surface area contributed by atoms with Crippen LogP contribution < -0.4 is 0 Å². The van der Waals surface area contributed by atoms with Crippen molar-refractivity contribution in [2.24, 2.45) is 0 Å². The number of ether oxygens (including phenoxy) is 2. The van der Waals surface area contributed by atoms with Crippen molar-refractivity contribution in [2.75, 3.05) is 24.7 Å². The van der Waals surface area contributed by atoms with Crippen molar-refractivity contribution in [3.05, 3.63) is 59.7 Å². The molecule has 2 atom stereocenters. The highest BCUT2D eigenvalue weighted by Gasteiger charge is 2.23. The van der Waals surface area contributed by atoms with Crippen molar-refractivity contribution >= 4 is 33.4 Å². The third kappa shape index (κ3) is 5.51. The minimum absolute atomic E-state index is 0.304. The van der Waals surface area contributed by atoms with E-state index in [9.17, 15) is 8.42 Å². The summed E-state index contributed by atoms with van der Waals surface area (Å²) < 4.78 is 36.9. The van der Waals surface area contributed by atoms with Crippen LogP contribution in [-0.4, -0.2) is 43.6 Å². The third-order valence-corrected chi connectivity index (χ3v) is 8.08. The number of sulfone groups is 1. The van der Waals surface area contributed by atoms with Gasteiger partial charge in [-0.1, -0.05) is 24.3 Å². The fraction of sp³-hybridized carbons (Fsp3) is 0.400. The maximum atomic E-state index is 12.8. The average molecular weight is 423 g/mol. The first-order chi connectivity index (χ1) is 13.1. The molecule has 0 spiro atoms. The second-order valence-electron chi connectivity index (χ2n) is 6.73. The SMILES string of the molecule is O=S(=O)(c1ccc(COCC2CS2)cc1)c1ccc(COCC2CS2)cc1. The number of hydrogen-bond acceptors (Lipinski definition) is 6. The maximum Gasteiger partial charge on any atom is 0.206 e. The minimum atomic E-state index is -3.51. The van der Waals surface area contributed by atoms with Gasteiger partial charge in [0.1, 0.15) is 0 Å². The molecule has 0 radical (unpaired) electrons. The van der Waals surface area contributed by atoms with E-state index < -0.39 is 9.84 Å². The number of thioether (sulfide) groups is 2. The Balaban J connectivity index is 1.35. The fourth-order valence-electron chi connectivity index (χ4n) is 2.61. The monoisotopic (exact) mass is 422 g/mol. The molecule has 144 valence electrons. The Morgan fingerprint density at radius 1 is 0.741 bits per heavy atom. The third-order valence-electron chi connectivity index (χ3n) is 4.42. The zero-order valence-corrected chi connectivity index (χ0v) is 17.3. The van der Waals surface area contributed by atoms with Gasteiger partial charge in [-0.05, 0) is 35.4 Å². The van der Waals surface area contributed by atoms with Gasteiger partial charge in [0.25, 0.3) is 0 Å². The minimum Gasteiger partial charge on any atom is -0.376 e. The van der Waals surface area contributed by atoms with E-state index in [1.165, 1.54) is 11.5 Å². The molecule has 0 aliphatic carbocycles. The molecule has 0 bridgehead atoms. The van der Waals surface area contributed by atoms with Crippen LogP contribution in [0.25, 0.3) is 0 Å². The topological polar surface area (TPSA) is 52.6 Å². The number of hydrogen-bond donors (Lipinski definition) is 0. The lowest BCUT2D eigenvalue weighted by atomic mass is 10.2. The molecular formula is C20H22O4S3. The van der Waals surface area contributed by atoms with Gasteiger partial charge in [-0.2, -0.15) is 23.5 Å². The Bertz CT molecular complexity index is 788. The molecule has 2 aliphatic rings. The van der Waals surface area contributed by atoms with Gasteiger partial charge in [0.05, 0.1) is 36.2 Å². The molecule has 2 saturated heterocycles. The lowest BCUT2D eigenvalue weighted by Gasteiger charge is -2.08. The van der Waals surface area contributed by atoms with E-state index in [-0.39, 0.29) is 0 Å². The summed E-state index contributed by atoms with van der Waals surface area (Å²) in [4.78, 5) is 0.609. The Morgan fingerprint density at radius 2 is 1.11 bits per heavy atom. The maximum absolute atomic E-state index is 12.8. The van der Waals surface area contributed by atoms with Crippen LogP contribution >= 0.6 is 23.5 Å². The predicted molar refractivity (Wildman–Crippen MR) is 110 cm³/mol. The Morgan fingerprint density at radius 3 is 1.44 bits per heavy atom. The number of benzene rings is 2. The van der Waals surface area contributed by atoms with Gasteiger partial charge in [-0.3, -0.25) is 0 Å². The normalized spacial score (nSPS) is 21.2.